The lowest BCUT2D eigenvalue weighted by Crippen LogP contribution is -1.78. The van der Waals surface area contributed by atoms with Gasteiger partial charge in [-0.1, -0.05) is 12.1 Å². The summed E-state index contributed by atoms with van der Waals surface area (Å²) in [6, 6.07) is 9.55. The average molecular weight is 265 g/mol. The van der Waals surface area contributed by atoms with Crippen molar-refractivity contribution in [3.8, 4) is 16.6 Å². The molecule has 0 amide bonds. The van der Waals surface area contributed by atoms with E-state index in [1.165, 1.54) is 0 Å². The van der Waals surface area contributed by atoms with Crippen molar-refractivity contribution in [1.29, 1.82) is 5.26 Å². The molecule has 2 aromatic rings. The molecule has 0 saturated carbocycles. The molecule has 0 aliphatic heterocycles. The maximum atomic E-state index is 8.74. The van der Waals surface area contributed by atoms with Gasteiger partial charge in [-0.25, -0.2) is 4.98 Å². The van der Waals surface area contributed by atoms with Crippen LogP contribution in [0.5, 0.6) is 0 Å². The first-order valence-electron chi connectivity index (χ1n) is 3.91. The Morgan fingerprint density at radius 1 is 1.43 bits per heavy atom. The minimum atomic E-state index is 0.661. The van der Waals surface area contributed by atoms with Crippen molar-refractivity contribution in [3.05, 3.63) is 39.8 Å². The molecular formula is C10H5BrN2S. The molecule has 0 saturated heterocycles. The lowest BCUT2D eigenvalue weighted by molar-refractivity contribution is 1.36. The zero-order chi connectivity index (χ0) is 9.97. The van der Waals surface area contributed by atoms with E-state index in [9.17, 15) is 0 Å². The van der Waals surface area contributed by atoms with Crippen LogP contribution in [-0.4, -0.2) is 4.98 Å². The highest BCUT2D eigenvalue weighted by molar-refractivity contribution is 9.10. The Morgan fingerprint density at radius 3 is 2.93 bits per heavy atom. The standard InChI is InChI=1S/C10H5BrN2S/c11-9-6-14-10(13-9)8-3-1-2-7(4-8)5-12/h1-4,6H. The SMILES string of the molecule is N#Cc1cccc(-c2nc(Br)cs2)c1. The number of benzene rings is 1. The number of thiazole rings is 1. The molecular weight excluding hydrogens is 260 g/mol. The van der Waals surface area contributed by atoms with E-state index in [1.807, 2.05) is 23.6 Å². The third-order valence-corrected chi connectivity index (χ3v) is 3.32. The smallest absolute Gasteiger partial charge is 0.124 e. The van der Waals surface area contributed by atoms with Crippen molar-refractivity contribution < 1.29 is 0 Å². The molecule has 0 atom stereocenters. The van der Waals surface area contributed by atoms with E-state index in [0.717, 1.165) is 15.2 Å². The maximum Gasteiger partial charge on any atom is 0.124 e. The molecule has 4 heteroatoms. The molecule has 1 aromatic heterocycles. The van der Waals surface area contributed by atoms with Gasteiger partial charge in [0.2, 0.25) is 0 Å². The molecule has 0 fully saturated rings. The first-order valence-corrected chi connectivity index (χ1v) is 5.58. The van der Waals surface area contributed by atoms with Crippen molar-refractivity contribution >= 4 is 27.3 Å². The minimum absolute atomic E-state index is 0.661. The van der Waals surface area contributed by atoms with Crippen LogP contribution in [0.25, 0.3) is 10.6 Å². The second-order valence-electron chi connectivity index (χ2n) is 2.67. The highest BCUT2D eigenvalue weighted by Gasteiger charge is 2.03. The van der Waals surface area contributed by atoms with Gasteiger partial charge in [0.15, 0.2) is 0 Å². The zero-order valence-electron chi connectivity index (χ0n) is 7.07. The molecule has 0 unspecified atom stereocenters. The minimum Gasteiger partial charge on any atom is -0.229 e. The van der Waals surface area contributed by atoms with Gasteiger partial charge >= 0.3 is 0 Å². The summed E-state index contributed by atoms with van der Waals surface area (Å²) in [4.78, 5) is 4.28. The second kappa shape index (κ2) is 3.91. The van der Waals surface area contributed by atoms with E-state index in [4.69, 9.17) is 5.26 Å². The van der Waals surface area contributed by atoms with E-state index >= 15 is 0 Å². The molecule has 0 N–H and O–H groups in total. The number of aromatic nitrogens is 1. The van der Waals surface area contributed by atoms with Crippen LogP contribution in [0.15, 0.2) is 34.2 Å². The fourth-order valence-corrected chi connectivity index (χ4v) is 2.36. The second-order valence-corrected chi connectivity index (χ2v) is 4.34. The van der Waals surface area contributed by atoms with Gasteiger partial charge in [0.1, 0.15) is 9.61 Å². The van der Waals surface area contributed by atoms with Crippen LogP contribution in [0, 0.1) is 11.3 Å². The predicted octanol–water partition coefficient (Wildman–Crippen LogP) is 3.44. The van der Waals surface area contributed by atoms with Gasteiger partial charge in [0.25, 0.3) is 0 Å². The lowest BCUT2D eigenvalue weighted by Gasteiger charge is -1.95. The number of rotatable bonds is 1. The third kappa shape index (κ3) is 1.84. The summed E-state index contributed by atoms with van der Waals surface area (Å²) in [5.41, 5.74) is 1.65. The fraction of sp³-hybridized carbons (Fsp3) is 0. The van der Waals surface area contributed by atoms with Crippen LogP contribution in [-0.2, 0) is 0 Å². The number of nitriles is 1. The Labute approximate surface area is 94.0 Å². The van der Waals surface area contributed by atoms with Crippen LogP contribution in [0.2, 0.25) is 0 Å². The third-order valence-electron chi connectivity index (χ3n) is 1.71. The van der Waals surface area contributed by atoms with E-state index in [1.54, 1.807) is 17.4 Å². The summed E-state index contributed by atoms with van der Waals surface area (Å²) in [6.07, 6.45) is 0. The molecule has 0 radical (unpaired) electrons. The summed E-state index contributed by atoms with van der Waals surface area (Å²) >= 11 is 4.85. The first-order chi connectivity index (χ1) is 6.79. The van der Waals surface area contributed by atoms with Crippen LogP contribution >= 0.6 is 27.3 Å². The van der Waals surface area contributed by atoms with Gasteiger partial charge in [0, 0.05) is 10.9 Å². The first kappa shape index (κ1) is 9.38. The molecule has 2 nitrogen and oxygen atoms in total. The number of nitrogens with zero attached hydrogens (tertiary/aromatic N) is 2. The van der Waals surface area contributed by atoms with E-state index in [2.05, 4.69) is 27.0 Å². The van der Waals surface area contributed by atoms with Crippen LogP contribution < -0.4 is 0 Å². The fourth-order valence-electron chi connectivity index (χ4n) is 1.11. The quantitative estimate of drug-likeness (QED) is 0.791. The highest BCUT2D eigenvalue weighted by Crippen LogP contribution is 2.26. The molecule has 2 rings (SSSR count). The summed E-state index contributed by atoms with van der Waals surface area (Å²) in [7, 11) is 0. The van der Waals surface area contributed by atoms with Gasteiger partial charge < -0.3 is 0 Å². The van der Waals surface area contributed by atoms with Crippen LogP contribution in [0.4, 0.5) is 0 Å². The Balaban J connectivity index is 2.47. The molecule has 68 valence electrons. The van der Waals surface area contributed by atoms with Gasteiger partial charge in [-0.15, -0.1) is 11.3 Å². The Kier molecular flexibility index (Phi) is 2.62. The van der Waals surface area contributed by atoms with Crippen molar-refractivity contribution in [2.75, 3.05) is 0 Å². The van der Waals surface area contributed by atoms with E-state index in [0.29, 0.717) is 5.56 Å². The van der Waals surface area contributed by atoms with Crippen LogP contribution in [0.3, 0.4) is 0 Å². The van der Waals surface area contributed by atoms with Crippen molar-refractivity contribution in [1.82, 2.24) is 4.98 Å². The molecule has 0 aliphatic carbocycles. The highest BCUT2D eigenvalue weighted by atomic mass is 79.9. The van der Waals surface area contributed by atoms with Crippen molar-refractivity contribution in [2.45, 2.75) is 0 Å². The molecule has 1 heterocycles. The van der Waals surface area contributed by atoms with Crippen molar-refractivity contribution in [2.24, 2.45) is 0 Å². The molecule has 0 spiro atoms. The number of halogens is 1. The topological polar surface area (TPSA) is 36.7 Å². The van der Waals surface area contributed by atoms with Gasteiger partial charge in [-0.3, -0.25) is 0 Å². The van der Waals surface area contributed by atoms with Gasteiger partial charge in [0.05, 0.1) is 11.6 Å². The lowest BCUT2D eigenvalue weighted by atomic mass is 10.1. The maximum absolute atomic E-state index is 8.74. The predicted molar refractivity (Wildman–Crippen MR) is 60.0 cm³/mol. The number of hydrogen-bond donors (Lipinski definition) is 0. The molecule has 1 aromatic carbocycles. The Hall–Kier alpha value is -1.18. The van der Waals surface area contributed by atoms with Gasteiger partial charge in [-0.2, -0.15) is 5.26 Å². The summed E-state index contributed by atoms with van der Waals surface area (Å²) in [6.45, 7) is 0. The Bertz CT molecular complexity index is 499. The molecule has 0 aliphatic rings. The van der Waals surface area contributed by atoms with E-state index < -0.39 is 0 Å². The van der Waals surface area contributed by atoms with Crippen LogP contribution in [0.1, 0.15) is 5.56 Å². The zero-order valence-corrected chi connectivity index (χ0v) is 9.47. The molecule has 0 bridgehead atoms. The molecule has 14 heavy (non-hydrogen) atoms. The monoisotopic (exact) mass is 264 g/mol. The van der Waals surface area contributed by atoms with E-state index in [-0.39, 0.29) is 0 Å². The average Bonchev–Trinajstić information content (AvgIpc) is 2.65. The Morgan fingerprint density at radius 2 is 2.29 bits per heavy atom. The summed E-state index contributed by atoms with van der Waals surface area (Å²) in [5, 5.41) is 11.6. The summed E-state index contributed by atoms with van der Waals surface area (Å²) < 4.78 is 0.833. The summed E-state index contributed by atoms with van der Waals surface area (Å²) in [5.74, 6) is 0. The number of hydrogen-bond acceptors (Lipinski definition) is 3. The van der Waals surface area contributed by atoms with Gasteiger partial charge in [-0.05, 0) is 28.1 Å². The van der Waals surface area contributed by atoms with Crippen molar-refractivity contribution in [3.63, 3.8) is 0 Å². The largest absolute Gasteiger partial charge is 0.229 e. The normalized spacial score (nSPS) is 9.71.